The van der Waals surface area contributed by atoms with E-state index in [1.807, 2.05) is 23.2 Å². The molecule has 2 saturated carbocycles. The fourth-order valence-electron chi connectivity index (χ4n) is 4.43. The van der Waals surface area contributed by atoms with Crippen molar-refractivity contribution in [2.75, 3.05) is 20.3 Å². The highest BCUT2D eigenvalue weighted by Crippen LogP contribution is 2.42. The second kappa shape index (κ2) is 8.08. The number of aromatic nitrogens is 1. The lowest BCUT2D eigenvalue weighted by atomic mass is 9.65. The zero-order chi connectivity index (χ0) is 16.9. The van der Waals surface area contributed by atoms with Crippen LogP contribution in [0.1, 0.15) is 37.7 Å². The van der Waals surface area contributed by atoms with Gasteiger partial charge in [-0.1, -0.05) is 12.5 Å². The topological polar surface area (TPSA) is 68.5 Å². The van der Waals surface area contributed by atoms with Gasteiger partial charge in [-0.2, -0.15) is 0 Å². The zero-order valence-electron chi connectivity index (χ0n) is 14.6. The molecule has 0 aliphatic heterocycles. The number of pyridine rings is 1. The van der Waals surface area contributed by atoms with Crippen molar-refractivity contribution in [2.45, 2.75) is 44.7 Å². The second-order valence-corrected chi connectivity index (χ2v) is 7.31. The third-order valence-corrected chi connectivity index (χ3v) is 5.74. The van der Waals surface area contributed by atoms with Gasteiger partial charge in [0.2, 0.25) is 5.91 Å². The largest absolute Gasteiger partial charge is 0.383 e. The molecule has 1 aromatic heterocycles. The molecule has 0 aromatic carbocycles. The lowest BCUT2D eigenvalue weighted by Crippen LogP contribution is -2.50. The molecule has 24 heavy (non-hydrogen) atoms. The molecule has 3 rings (SSSR count). The summed E-state index contributed by atoms with van der Waals surface area (Å²) in [5.41, 5.74) is 7.44. The Bertz CT molecular complexity index is 523. The first-order valence-electron chi connectivity index (χ1n) is 9.11. The van der Waals surface area contributed by atoms with E-state index in [1.54, 1.807) is 13.3 Å². The Hall–Kier alpha value is -1.46. The molecule has 1 aromatic rings. The highest BCUT2D eigenvalue weighted by molar-refractivity contribution is 5.79. The Morgan fingerprint density at radius 2 is 2.12 bits per heavy atom. The molecule has 0 radical (unpaired) electrons. The van der Waals surface area contributed by atoms with Crippen LogP contribution in [0.2, 0.25) is 0 Å². The van der Waals surface area contributed by atoms with Gasteiger partial charge in [0.25, 0.3) is 0 Å². The number of fused-ring (bicyclic) bond motifs is 2. The van der Waals surface area contributed by atoms with E-state index in [0.29, 0.717) is 37.6 Å². The van der Waals surface area contributed by atoms with Crippen LogP contribution in [0, 0.1) is 17.8 Å². The first-order chi connectivity index (χ1) is 11.7. The Morgan fingerprint density at radius 1 is 1.38 bits per heavy atom. The van der Waals surface area contributed by atoms with Crippen LogP contribution in [-0.4, -0.2) is 42.1 Å². The van der Waals surface area contributed by atoms with Gasteiger partial charge in [0.05, 0.1) is 6.61 Å². The van der Waals surface area contributed by atoms with Crippen molar-refractivity contribution in [3.63, 3.8) is 0 Å². The van der Waals surface area contributed by atoms with Gasteiger partial charge in [0.15, 0.2) is 0 Å². The number of methoxy groups -OCH3 is 1. The molecule has 1 amide bonds. The van der Waals surface area contributed by atoms with Crippen LogP contribution < -0.4 is 5.73 Å². The normalized spacial score (nSPS) is 29.2. The van der Waals surface area contributed by atoms with E-state index in [-0.39, 0.29) is 11.8 Å². The van der Waals surface area contributed by atoms with Gasteiger partial charge in [-0.15, -0.1) is 0 Å². The van der Waals surface area contributed by atoms with E-state index < -0.39 is 0 Å². The minimum absolute atomic E-state index is 0.119. The average molecular weight is 331 g/mol. The molecule has 2 aliphatic rings. The molecule has 5 nitrogen and oxygen atoms in total. The molecule has 1 heterocycles. The SMILES string of the molecule is COCCN(Cc1cccnc1)C(=O)C1CC2CCCC(C1)C2N. The van der Waals surface area contributed by atoms with Crippen molar-refractivity contribution in [1.29, 1.82) is 0 Å². The molecule has 0 saturated heterocycles. The summed E-state index contributed by atoms with van der Waals surface area (Å²) >= 11 is 0. The van der Waals surface area contributed by atoms with Crippen LogP contribution in [-0.2, 0) is 16.1 Å². The van der Waals surface area contributed by atoms with Crippen molar-refractivity contribution in [2.24, 2.45) is 23.5 Å². The first kappa shape index (κ1) is 17.4. The molecule has 2 unspecified atom stereocenters. The maximum Gasteiger partial charge on any atom is 0.226 e. The fraction of sp³-hybridized carbons (Fsp3) is 0.684. The summed E-state index contributed by atoms with van der Waals surface area (Å²) in [7, 11) is 1.68. The van der Waals surface area contributed by atoms with Crippen LogP contribution in [0.25, 0.3) is 0 Å². The number of nitrogens with two attached hydrogens (primary N) is 1. The van der Waals surface area contributed by atoms with E-state index in [2.05, 4.69) is 4.98 Å². The number of hydrogen-bond donors (Lipinski definition) is 1. The Kier molecular flexibility index (Phi) is 5.85. The van der Waals surface area contributed by atoms with E-state index in [9.17, 15) is 4.79 Å². The third-order valence-electron chi connectivity index (χ3n) is 5.74. The number of amides is 1. The summed E-state index contributed by atoms with van der Waals surface area (Å²) in [6.07, 6.45) is 9.13. The molecule has 132 valence electrons. The van der Waals surface area contributed by atoms with Crippen LogP contribution >= 0.6 is 0 Å². The number of nitrogens with zero attached hydrogens (tertiary/aromatic N) is 2. The Labute approximate surface area is 144 Å². The van der Waals surface area contributed by atoms with Gasteiger partial charge >= 0.3 is 0 Å². The number of carbonyl (C=O) groups excluding carboxylic acids is 1. The number of carbonyl (C=O) groups is 1. The van der Waals surface area contributed by atoms with Crippen molar-refractivity contribution >= 4 is 5.91 Å². The summed E-state index contributed by atoms with van der Waals surface area (Å²) in [6.45, 7) is 1.79. The smallest absolute Gasteiger partial charge is 0.226 e. The number of ether oxygens (including phenoxy) is 1. The molecular weight excluding hydrogens is 302 g/mol. The van der Waals surface area contributed by atoms with Gasteiger partial charge in [0, 0.05) is 44.6 Å². The first-order valence-corrected chi connectivity index (χ1v) is 9.11. The molecule has 5 heteroatoms. The van der Waals surface area contributed by atoms with E-state index in [0.717, 1.165) is 18.4 Å². The zero-order valence-corrected chi connectivity index (χ0v) is 14.6. The molecule has 2 atom stereocenters. The molecule has 0 spiro atoms. The maximum absolute atomic E-state index is 13.2. The summed E-state index contributed by atoms with van der Waals surface area (Å²) in [5, 5.41) is 0. The molecular formula is C19H29N3O2. The van der Waals surface area contributed by atoms with Crippen molar-refractivity contribution in [3.05, 3.63) is 30.1 Å². The predicted molar refractivity (Wildman–Crippen MR) is 93.1 cm³/mol. The third kappa shape index (κ3) is 3.95. The van der Waals surface area contributed by atoms with Crippen LogP contribution in [0.3, 0.4) is 0 Å². The lowest BCUT2D eigenvalue weighted by Gasteiger charge is -2.44. The molecule has 2 bridgehead atoms. The van der Waals surface area contributed by atoms with Crippen molar-refractivity contribution in [3.8, 4) is 0 Å². The quantitative estimate of drug-likeness (QED) is 0.868. The molecule has 2 N–H and O–H groups in total. The fourth-order valence-corrected chi connectivity index (χ4v) is 4.43. The molecule has 2 fully saturated rings. The van der Waals surface area contributed by atoms with Crippen LogP contribution in [0.5, 0.6) is 0 Å². The summed E-state index contributed by atoms with van der Waals surface area (Å²) in [5.74, 6) is 1.43. The monoisotopic (exact) mass is 331 g/mol. The van der Waals surface area contributed by atoms with E-state index in [4.69, 9.17) is 10.5 Å². The minimum Gasteiger partial charge on any atom is -0.383 e. The molecule has 2 aliphatic carbocycles. The predicted octanol–water partition coefficient (Wildman–Crippen LogP) is 2.21. The number of rotatable bonds is 6. The maximum atomic E-state index is 13.2. The van der Waals surface area contributed by atoms with Gasteiger partial charge < -0.3 is 15.4 Å². The van der Waals surface area contributed by atoms with Gasteiger partial charge in [-0.25, -0.2) is 0 Å². The number of hydrogen-bond acceptors (Lipinski definition) is 4. The minimum atomic E-state index is 0.119. The van der Waals surface area contributed by atoms with E-state index in [1.165, 1.54) is 19.3 Å². The van der Waals surface area contributed by atoms with Crippen molar-refractivity contribution < 1.29 is 9.53 Å². The summed E-state index contributed by atoms with van der Waals surface area (Å²) in [4.78, 5) is 19.3. The Balaban J connectivity index is 1.68. The van der Waals surface area contributed by atoms with Gasteiger partial charge in [-0.05, 0) is 49.1 Å². The van der Waals surface area contributed by atoms with Crippen LogP contribution in [0.4, 0.5) is 0 Å². The highest BCUT2D eigenvalue weighted by atomic mass is 16.5. The summed E-state index contributed by atoms with van der Waals surface area (Å²) < 4.78 is 5.21. The second-order valence-electron chi connectivity index (χ2n) is 7.31. The van der Waals surface area contributed by atoms with E-state index >= 15 is 0 Å². The Morgan fingerprint density at radius 3 is 2.75 bits per heavy atom. The summed E-state index contributed by atoms with van der Waals surface area (Å²) in [6, 6.07) is 4.23. The van der Waals surface area contributed by atoms with Gasteiger partial charge in [0.1, 0.15) is 0 Å². The van der Waals surface area contributed by atoms with Crippen LogP contribution in [0.15, 0.2) is 24.5 Å². The average Bonchev–Trinajstić information content (AvgIpc) is 2.58. The van der Waals surface area contributed by atoms with Gasteiger partial charge in [-0.3, -0.25) is 9.78 Å². The highest BCUT2D eigenvalue weighted by Gasteiger charge is 2.41. The van der Waals surface area contributed by atoms with Crippen molar-refractivity contribution in [1.82, 2.24) is 9.88 Å². The standard InChI is InChI=1S/C19H29N3O2/c1-24-9-8-22(13-14-4-3-7-21-12-14)19(23)17-10-15-5-2-6-16(11-17)18(15)20/h3-4,7,12,15-18H,2,5-6,8-11,13,20H2,1H3. The lowest BCUT2D eigenvalue weighted by molar-refractivity contribution is -0.140.